The molecule has 0 aliphatic rings. The lowest BCUT2D eigenvalue weighted by Gasteiger charge is -2.21. The summed E-state index contributed by atoms with van der Waals surface area (Å²) in [5.41, 5.74) is 0.121. The minimum absolute atomic E-state index is 0.00751. The van der Waals surface area contributed by atoms with Crippen LogP contribution in [-0.4, -0.2) is 18.5 Å². The first-order valence-corrected chi connectivity index (χ1v) is 7.24. The van der Waals surface area contributed by atoms with Gasteiger partial charge in [-0.3, -0.25) is 4.79 Å². The first-order valence-electron chi connectivity index (χ1n) is 7.24. The Hall–Kier alpha value is -2.63. The van der Waals surface area contributed by atoms with Gasteiger partial charge in [-0.1, -0.05) is 30.3 Å². The molecule has 0 atom stereocenters. The number of carbonyl (C=O) groups is 1. The molecule has 0 N–H and O–H groups in total. The van der Waals surface area contributed by atoms with Crippen LogP contribution in [0.2, 0.25) is 0 Å². The highest BCUT2D eigenvalue weighted by molar-refractivity contribution is 6.23. The predicted molar refractivity (Wildman–Crippen MR) is 84.9 cm³/mol. The number of benzene rings is 2. The third-order valence-electron chi connectivity index (χ3n) is 3.37. The second-order valence-electron chi connectivity index (χ2n) is 5.00. The number of alkyl halides is 3. The largest absolute Gasteiger partial charge is 0.454 e. The summed E-state index contributed by atoms with van der Waals surface area (Å²) < 4.78 is 51.9. The molecule has 0 amide bonds. The quantitative estimate of drug-likeness (QED) is 0.576. The van der Waals surface area contributed by atoms with Gasteiger partial charge < -0.3 is 4.90 Å². The van der Waals surface area contributed by atoms with E-state index in [1.807, 2.05) is 0 Å². The second kappa shape index (κ2) is 7.29. The SMILES string of the molecule is CCN(/C=C(\C(=O)C(F)(F)F)c1ccc(F)cc1)c1ccccc1. The number of allylic oxidation sites excluding steroid dienone is 1. The van der Waals surface area contributed by atoms with E-state index in [9.17, 15) is 22.4 Å². The van der Waals surface area contributed by atoms with Gasteiger partial charge in [-0.15, -0.1) is 0 Å². The van der Waals surface area contributed by atoms with Gasteiger partial charge in [0.2, 0.25) is 0 Å². The minimum Gasteiger partial charge on any atom is -0.348 e. The molecule has 0 spiro atoms. The molecule has 24 heavy (non-hydrogen) atoms. The average Bonchev–Trinajstić information content (AvgIpc) is 2.56. The van der Waals surface area contributed by atoms with Crippen molar-refractivity contribution in [2.45, 2.75) is 13.1 Å². The molecule has 0 unspecified atom stereocenters. The monoisotopic (exact) mass is 337 g/mol. The molecule has 0 fully saturated rings. The first-order chi connectivity index (χ1) is 11.3. The van der Waals surface area contributed by atoms with Crippen LogP contribution in [0.4, 0.5) is 23.2 Å². The van der Waals surface area contributed by atoms with Crippen LogP contribution in [0.5, 0.6) is 0 Å². The summed E-state index contributed by atoms with van der Waals surface area (Å²) in [7, 11) is 0. The Labute approximate surface area is 137 Å². The molecule has 126 valence electrons. The van der Waals surface area contributed by atoms with E-state index in [0.29, 0.717) is 12.2 Å². The highest BCUT2D eigenvalue weighted by atomic mass is 19.4. The summed E-state index contributed by atoms with van der Waals surface area (Å²) in [6, 6.07) is 13.1. The zero-order chi connectivity index (χ0) is 17.7. The van der Waals surface area contributed by atoms with Crippen molar-refractivity contribution in [3.8, 4) is 0 Å². The van der Waals surface area contributed by atoms with Crippen LogP contribution in [0, 0.1) is 5.82 Å². The van der Waals surface area contributed by atoms with Crippen LogP contribution in [0.1, 0.15) is 12.5 Å². The molecule has 0 bridgehead atoms. The summed E-state index contributed by atoms with van der Waals surface area (Å²) in [5.74, 6) is -2.56. The van der Waals surface area contributed by atoms with Gasteiger partial charge in [0, 0.05) is 18.4 Å². The van der Waals surface area contributed by atoms with Gasteiger partial charge in [0.25, 0.3) is 5.78 Å². The molecule has 0 saturated carbocycles. The van der Waals surface area contributed by atoms with E-state index >= 15 is 0 Å². The number of halogens is 4. The molecule has 0 heterocycles. The van der Waals surface area contributed by atoms with Gasteiger partial charge in [-0.25, -0.2) is 4.39 Å². The number of ketones is 1. The van der Waals surface area contributed by atoms with Crippen molar-refractivity contribution in [3.63, 3.8) is 0 Å². The van der Waals surface area contributed by atoms with Gasteiger partial charge in [-0.2, -0.15) is 13.2 Å². The standard InChI is InChI=1S/C18H15F4NO/c1-2-23(15-6-4-3-5-7-15)12-16(17(24)18(20,21)22)13-8-10-14(19)11-9-13/h3-12H,2H2,1H3/b16-12-. The van der Waals surface area contributed by atoms with Crippen LogP contribution in [0.15, 0.2) is 60.8 Å². The van der Waals surface area contributed by atoms with E-state index in [1.54, 1.807) is 37.3 Å². The predicted octanol–water partition coefficient (Wildman–Crippen LogP) is 4.82. The molecule has 6 heteroatoms. The first kappa shape index (κ1) is 17.7. The van der Waals surface area contributed by atoms with Crippen molar-refractivity contribution < 1.29 is 22.4 Å². The minimum atomic E-state index is -5.02. The number of rotatable bonds is 5. The smallest absolute Gasteiger partial charge is 0.348 e. The molecule has 2 aromatic rings. The summed E-state index contributed by atoms with van der Waals surface area (Å²) in [6.45, 7) is 2.11. The topological polar surface area (TPSA) is 20.3 Å². The van der Waals surface area contributed by atoms with Crippen LogP contribution < -0.4 is 4.90 Å². The number of carbonyl (C=O) groups excluding carboxylic acids is 1. The molecule has 0 saturated heterocycles. The normalized spacial score (nSPS) is 12.1. The van der Waals surface area contributed by atoms with Gasteiger partial charge in [0.05, 0.1) is 5.57 Å². The third kappa shape index (κ3) is 4.22. The number of hydrogen-bond donors (Lipinski definition) is 0. The number of nitrogens with zero attached hydrogens (tertiary/aromatic N) is 1. The van der Waals surface area contributed by atoms with E-state index < -0.39 is 23.3 Å². The van der Waals surface area contributed by atoms with Crippen molar-refractivity contribution >= 4 is 17.0 Å². The van der Waals surface area contributed by atoms with Crippen LogP contribution in [0.25, 0.3) is 5.57 Å². The lowest BCUT2D eigenvalue weighted by molar-refractivity contribution is -0.164. The molecule has 2 aromatic carbocycles. The highest BCUT2D eigenvalue weighted by Gasteiger charge is 2.41. The van der Waals surface area contributed by atoms with Gasteiger partial charge >= 0.3 is 6.18 Å². The van der Waals surface area contributed by atoms with E-state index in [2.05, 4.69) is 0 Å². The molecule has 0 radical (unpaired) electrons. The number of hydrogen-bond acceptors (Lipinski definition) is 2. The Kier molecular flexibility index (Phi) is 5.39. The maximum atomic E-state index is 13.0. The molecule has 2 rings (SSSR count). The number of Topliss-reactive ketones (excluding diaryl/α,β-unsaturated/α-hetero) is 1. The van der Waals surface area contributed by atoms with E-state index in [4.69, 9.17) is 0 Å². The average molecular weight is 337 g/mol. The van der Waals surface area contributed by atoms with Crippen LogP contribution >= 0.6 is 0 Å². The van der Waals surface area contributed by atoms with Crippen molar-refractivity contribution in [1.29, 1.82) is 0 Å². The highest BCUT2D eigenvalue weighted by Crippen LogP contribution is 2.28. The van der Waals surface area contributed by atoms with Crippen molar-refractivity contribution in [3.05, 3.63) is 72.2 Å². The molecular formula is C18H15F4NO. The Morgan fingerprint density at radius 1 is 1.04 bits per heavy atom. The van der Waals surface area contributed by atoms with Crippen molar-refractivity contribution in [2.75, 3.05) is 11.4 Å². The van der Waals surface area contributed by atoms with E-state index in [0.717, 1.165) is 30.5 Å². The van der Waals surface area contributed by atoms with Gasteiger partial charge in [-0.05, 0) is 36.8 Å². The molecular weight excluding hydrogens is 322 g/mol. The number of anilines is 1. The summed E-state index contributed by atoms with van der Waals surface area (Å²) >= 11 is 0. The van der Waals surface area contributed by atoms with Crippen LogP contribution in [0.3, 0.4) is 0 Å². The van der Waals surface area contributed by atoms with E-state index in [1.165, 1.54) is 4.90 Å². The van der Waals surface area contributed by atoms with Crippen LogP contribution in [-0.2, 0) is 4.79 Å². The Bertz CT molecular complexity index is 721. The zero-order valence-corrected chi connectivity index (χ0v) is 12.8. The maximum absolute atomic E-state index is 13.0. The fourth-order valence-electron chi connectivity index (χ4n) is 2.17. The third-order valence-corrected chi connectivity index (χ3v) is 3.37. The van der Waals surface area contributed by atoms with Gasteiger partial charge in [0.15, 0.2) is 0 Å². The summed E-state index contributed by atoms with van der Waals surface area (Å²) in [5, 5.41) is 0. The Morgan fingerprint density at radius 2 is 1.62 bits per heavy atom. The van der Waals surface area contributed by atoms with E-state index in [-0.39, 0.29) is 5.56 Å². The molecule has 2 nitrogen and oxygen atoms in total. The number of para-hydroxylation sites is 1. The van der Waals surface area contributed by atoms with Gasteiger partial charge in [0.1, 0.15) is 5.82 Å². The zero-order valence-electron chi connectivity index (χ0n) is 12.8. The summed E-state index contributed by atoms with van der Waals surface area (Å²) in [6.07, 6.45) is -3.87. The lowest BCUT2D eigenvalue weighted by Crippen LogP contribution is -2.26. The fraction of sp³-hybridized carbons (Fsp3) is 0.167. The molecule has 0 aliphatic carbocycles. The Balaban J connectivity index is 2.52. The lowest BCUT2D eigenvalue weighted by atomic mass is 10.0. The fourth-order valence-corrected chi connectivity index (χ4v) is 2.17. The van der Waals surface area contributed by atoms with Crippen molar-refractivity contribution in [1.82, 2.24) is 0 Å². The Morgan fingerprint density at radius 3 is 2.12 bits per heavy atom. The molecule has 0 aliphatic heterocycles. The van der Waals surface area contributed by atoms with Crippen molar-refractivity contribution in [2.24, 2.45) is 0 Å². The maximum Gasteiger partial charge on any atom is 0.454 e. The summed E-state index contributed by atoms with van der Waals surface area (Å²) in [4.78, 5) is 13.3. The second-order valence-corrected chi connectivity index (χ2v) is 5.00. The molecule has 0 aromatic heterocycles.